The second kappa shape index (κ2) is 6.53. The summed E-state index contributed by atoms with van der Waals surface area (Å²) in [6.45, 7) is -0.238. The van der Waals surface area contributed by atoms with Crippen LogP contribution in [0.25, 0.3) is 0 Å². The summed E-state index contributed by atoms with van der Waals surface area (Å²) in [7, 11) is 1.37. The molecule has 10 heteroatoms. The van der Waals surface area contributed by atoms with Crippen LogP contribution in [0.1, 0.15) is 15.9 Å². The predicted molar refractivity (Wildman–Crippen MR) is 80.6 cm³/mol. The molecule has 122 valence electrons. The fourth-order valence-corrected chi connectivity index (χ4v) is 2.07. The Hall–Kier alpha value is -2.81. The van der Waals surface area contributed by atoms with Crippen molar-refractivity contribution in [1.29, 1.82) is 0 Å². The van der Waals surface area contributed by atoms with Crippen molar-refractivity contribution in [3.05, 3.63) is 61.0 Å². The van der Waals surface area contributed by atoms with Crippen molar-refractivity contribution >= 4 is 23.3 Å². The summed E-state index contributed by atoms with van der Waals surface area (Å²) in [6, 6.07) is 4.28. The summed E-state index contributed by atoms with van der Waals surface area (Å²) in [6.07, 6.45) is 0. The van der Waals surface area contributed by atoms with Crippen LogP contribution in [-0.2, 0) is 6.54 Å². The molecule has 0 saturated carbocycles. The Morgan fingerprint density at radius 2 is 2.13 bits per heavy atom. The molecule has 23 heavy (non-hydrogen) atoms. The number of amides is 1. The molecule has 0 atom stereocenters. The monoisotopic (exact) mass is 342 g/mol. The number of carbonyl (C=O) groups excluding carboxylic acids is 1. The first-order valence-corrected chi connectivity index (χ1v) is 6.72. The number of H-pyrrole nitrogens is 1. The van der Waals surface area contributed by atoms with Crippen LogP contribution < -0.4 is 21.9 Å². The molecule has 0 spiro atoms. The van der Waals surface area contributed by atoms with Crippen LogP contribution in [0.4, 0.5) is 10.2 Å². The Morgan fingerprint density at radius 1 is 1.43 bits per heavy atom. The fraction of sp³-hybridized carbons (Fsp3) is 0.154. The molecule has 2 aromatic rings. The van der Waals surface area contributed by atoms with Crippen molar-refractivity contribution in [2.45, 2.75) is 6.54 Å². The summed E-state index contributed by atoms with van der Waals surface area (Å²) in [4.78, 5) is 37.4. The van der Waals surface area contributed by atoms with Crippen molar-refractivity contribution in [2.75, 3.05) is 12.4 Å². The van der Waals surface area contributed by atoms with Gasteiger partial charge in [0.25, 0.3) is 5.91 Å². The van der Waals surface area contributed by atoms with Gasteiger partial charge in [0.05, 0.1) is 5.02 Å². The van der Waals surface area contributed by atoms with E-state index in [0.29, 0.717) is 0 Å². The van der Waals surface area contributed by atoms with Crippen molar-refractivity contribution < 1.29 is 14.4 Å². The Labute approximate surface area is 133 Å². The van der Waals surface area contributed by atoms with Crippen molar-refractivity contribution in [1.82, 2.24) is 15.0 Å². The minimum atomic E-state index is -1.21. The van der Waals surface area contributed by atoms with Crippen molar-refractivity contribution in [2.24, 2.45) is 0 Å². The molecule has 1 amide bonds. The molecule has 4 N–H and O–H groups in total. The lowest BCUT2D eigenvalue weighted by atomic mass is 10.2. The van der Waals surface area contributed by atoms with Gasteiger partial charge in [-0.2, -0.15) is 0 Å². The zero-order chi connectivity index (χ0) is 17.1. The van der Waals surface area contributed by atoms with Gasteiger partial charge in [0.1, 0.15) is 17.2 Å². The summed E-state index contributed by atoms with van der Waals surface area (Å²) >= 11 is 5.63. The third-order valence-corrected chi connectivity index (χ3v) is 3.32. The molecule has 0 aliphatic rings. The number of aromatic amines is 1. The Bertz CT molecular complexity index is 877. The van der Waals surface area contributed by atoms with E-state index in [9.17, 15) is 24.0 Å². The van der Waals surface area contributed by atoms with Gasteiger partial charge in [0.15, 0.2) is 0 Å². The maximum atomic E-state index is 13.7. The highest BCUT2D eigenvalue weighted by molar-refractivity contribution is 6.30. The van der Waals surface area contributed by atoms with Crippen LogP contribution in [0.3, 0.4) is 0 Å². The van der Waals surface area contributed by atoms with Crippen molar-refractivity contribution in [3.63, 3.8) is 0 Å². The van der Waals surface area contributed by atoms with E-state index >= 15 is 0 Å². The van der Waals surface area contributed by atoms with Gasteiger partial charge in [-0.05, 0) is 6.07 Å². The van der Waals surface area contributed by atoms with Crippen LogP contribution in [-0.4, -0.2) is 27.9 Å². The van der Waals surface area contributed by atoms with Crippen LogP contribution in [0.15, 0.2) is 27.8 Å². The van der Waals surface area contributed by atoms with Gasteiger partial charge in [-0.15, -0.1) is 0 Å². The summed E-state index contributed by atoms with van der Waals surface area (Å²) in [5.74, 6) is -1.77. The predicted octanol–water partition coefficient (Wildman–Crippen LogP) is 0.538. The molecule has 2 rings (SSSR count). The number of hydrogen-bond donors (Lipinski definition) is 4. The number of anilines is 1. The average Bonchev–Trinajstić information content (AvgIpc) is 2.53. The lowest BCUT2D eigenvalue weighted by Crippen LogP contribution is -2.40. The first-order valence-electron chi connectivity index (χ1n) is 6.34. The molecule has 0 aliphatic heterocycles. The van der Waals surface area contributed by atoms with Gasteiger partial charge in [0.2, 0.25) is 0 Å². The van der Waals surface area contributed by atoms with E-state index in [-0.39, 0.29) is 27.7 Å². The highest BCUT2D eigenvalue weighted by Gasteiger charge is 2.20. The Morgan fingerprint density at radius 3 is 2.78 bits per heavy atom. The number of nitrogens with zero attached hydrogens (tertiary/aromatic N) is 1. The SMILES string of the molecule is CNc1[nH]c(=O)n(O)c(=O)c1C(=O)NCc1cccc(Cl)c1F. The molecule has 1 aromatic heterocycles. The van der Waals surface area contributed by atoms with Gasteiger partial charge < -0.3 is 15.8 Å². The van der Waals surface area contributed by atoms with Gasteiger partial charge in [-0.3, -0.25) is 14.6 Å². The van der Waals surface area contributed by atoms with Crippen LogP contribution in [0, 0.1) is 5.82 Å². The average molecular weight is 343 g/mol. The zero-order valence-corrected chi connectivity index (χ0v) is 12.6. The summed E-state index contributed by atoms with van der Waals surface area (Å²) in [5, 5.41) is 14.0. The molecule has 8 nitrogen and oxygen atoms in total. The molecule has 1 heterocycles. The van der Waals surface area contributed by atoms with E-state index in [2.05, 4.69) is 15.6 Å². The minimum absolute atomic E-state index is 0.102. The molecule has 0 saturated heterocycles. The van der Waals surface area contributed by atoms with E-state index in [1.165, 1.54) is 25.2 Å². The zero-order valence-electron chi connectivity index (χ0n) is 11.8. The third-order valence-electron chi connectivity index (χ3n) is 3.03. The highest BCUT2D eigenvalue weighted by atomic mass is 35.5. The number of hydrogen-bond acceptors (Lipinski definition) is 5. The minimum Gasteiger partial charge on any atom is -0.421 e. The maximum Gasteiger partial charge on any atom is 0.363 e. The number of carbonyl (C=O) groups is 1. The topological polar surface area (TPSA) is 116 Å². The molecule has 1 aromatic carbocycles. The molecule has 0 aliphatic carbocycles. The Kier molecular flexibility index (Phi) is 4.70. The fourth-order valence-electron chi connectivity index (χ4n) is 1.87. The van der Waals surface area contributed by atoms with Crippen LogP contribution in [0.5, 0.6) is 0 Å². The van der Waals surface area contributed by atoms with Gasteiger partial charge >= 0.3 is 11.2 Å². The normalized spacial score (nSPS) is 10.4. The van der Waals surface area contributed by atoms with E-state index in [1.807, 2.05) is 0 Å². The van der Waals surface area contributed by atoms with Gasteiger partial charge in [-0.1, -0.05) is 28.5 Å². The second-order valence-corrected chi connectivity index (χ2v) is 4.85. The van der Waals surface area contributed by atoms with Gasteiger partial charge in [0, 0.05) is 19.2 Å². The smallest absolute Gasteiger partial charge is 0.363 e. The van der Waals surface area contributed by atoms with Crippen molar-refractivity contribution in [3.8, 4) is 0 Å². The molecular formula is C13H12ClFN4O4. The van der Waals surface area contributed by atoms with E-state index in [0.717, 1.165) is 0 Å². The lowest BCUT2D eigenvalue weighted by molar-refractivity contribution is 0.0939. The third kappa shape index (κ3) is 3.19. The largest absolute Gasteiger partial charge is 0.421 e. The standard InChI is InChI=1S/C13H12ClFN4O4/c1-16-10-8(12(21)19(23)13(22)18-10)11(20)17-5-6-3-2-4-7(14)9(6)15/h2-4,16,23H,5H2,1H3,(H,17,20)(H,18,22). The molecule has 0 unspecified atom stereocenters. The van der Waals surface area contributed by atoms with E-state index in [4.69, 9.17) is 11.6 Å². The maximum absolute atomic E-state index is 13.7. The van der Waals surface area contributed by atoms with Gasteiger partial charge in [-0.25, -0.2) is 9.18 Å². The Balaban J connectivity index is 2.32. The molecule has 0 radical (unpaired) electrons. The first-order chi connectivity index (χ1) is 10.9. The number of halogens is 2. The first kappa shape index (κ1) is 16.6. The number of rotatable bonds is 4. The summed E-state index contributed by atoms with van der Waals surface area (Å²) in [5.41, 5.74) is -2.71. The number of benzene rings is 1. The molecule has 0 bridgehead atoms. The summed E-state index contributed by atoms with van der Waals surface area (Å²) < 4.78 is 13.5. The number of aromatic nitrogens is 2. The van der Waals surface area contributed by atoms with Crippen LogP contribution in [0.2, 0.25) is 5.02 Å². The molecular weight excluding hydrogens is 331 g/mol. The van der Waals surface area contributed by atoms with E-state index in [1.54, 1.807) is 0 Å². The number of nitrogens with one attached hydrogen (secondary N) is 3. The molecule has 0 fully saturated rings. The second-order valence-electron chi connectivity index (χ2n) is 4.44. The highest BCUT2D eigenvalue weighted by Crippen LogP contribution is 2.17. The quantitative estimate of drug-likeness (QED) is 0.605. The lowest BCUT2D eigenvalue weighted by Gasteiger charge is -2.10. The van der Waals surface area contributed by atoms with E-state index < -0.39 is 28.5 Å². The van der Waals surface area contributed by atoms with Crippen LogP contribution >= 0.6 is 11.6 Å².